The van der Waals surface area contributed by atoms with Crippen LogP contribution in [0.25, 0.3) is 0 Å². The Hall–Kier alpha value is -1.71. The van der Waals surface area contributed by atoms with Crippen LogP contribution in [0.1, 0.15) is 56.7 Å². The van der Waals surface area contributed by atoms with E-state index in [1.54, 1.807) is 0 Å². The van der Waals surface area contributed by atoms with E-state index in [0.29, 0.717) is 13.2 Å². The third-order valence-electron chi connectivity index (χ3n) is 4.05. The Kier molecular flexibility index (Phi) is 10.0. The molecule has 0 fully saturated rings. The molecule has 0 aliphatic rings. The van der Waals surface area contributed by atoms with Crippen LogP contribution in [0.2, 0.25) is 0 Å². The fourth-order valence-corrected chi connectivity index (χ4v) is 2.66. The normalized spacial score (nSPS) is 11.5. The zero-order valence-electron chi connectivity index (χ0n) is 15.2. The van der Waals surface area contributed by atoms with Gasteiger partial charge in [0.15, 0.2) is 11.5 Å². The van der Waals surface area contributed by atoms with E-state index in [-0.39, 0.29) is 18.4 Å². The summed E-state index contributed by atoms with van der Waals surface area (Å²) in [6.07, 6.45) is 4.60. The highest BCUT2D eigenvalue weighted by Gasteiger charge is 2.11. The van der Waals surface area contributed by atoms with Gasteiger partial charge in [-0.15, -0.1) is 12.4 Å². The van der Waals surface area contributed by atoms with Gasteiger partial charge in [0.2, 0.25) is 0 Å². The van der Waals surface area contributed by atoms with E-state index >= 15 is 0 Å². The molecule has 0 amide bonds. The Balaban J connectivity index is 0.00000312. The van der Waals surface area contributed by atoms with Gasteiger partial charge in [-0.3, -0.25) is 0 Å². The Morgan fingerprint density at radius 2 is 1.68 bits per heavy atom. The molecule has 0 spiro atoms. The number of unbranched alkanes of at least 4 members (excludes halogenated alkanes) is 2. The summed E-state index contributed by atoms with van der Waals surface area (Å²) in [5.41, 5.74) is 8.57. The zero-order valence-corrected chi connectivity index (χ0v) is 16.1. The first-order valence-corrected chi connectivity index (χ1v) is 8.93. The number of benzene rings is 2. The number of rotatable bonds is 10. The van der Waals surface area contributed by atoms with Crippen LogP contribution in [0, 0.1) is 0 Å². The summed E-state index contributed by atoms with van der Waals surface area (Å²) in [6.45, 7) is 5.32. The molecule has 3 nitrogen and oxygen atoms in total. The molecule has 1 atom stereocenters. The van der Waals surface area contributed by atoms with Crippen LogP contribution in [-0.2, 0) is 6.61 Å². The van der Waals surface area contributed by atoms with Crippen molar-refractivity contribution in [3.8, 4) is 11.5 Å². The molecule has 138 valence electrons. The number of halogens is 1. The van der Waals surface area contributed by atoms with Crippen molar-refractivity contribution in [3.05, 3.63) is 59.7 Å². The molecule has 0 aromatic heterocycles. The van der Waals surface area contributed by atoms with E-state index in [9.17, 15) is 0 Å². The highest BCUT2D eigenvalue weighted by molar-refractivity contribution is 5.85. The second-order valence-electron chi connectivity index (χ2n) is 6.02. The predicted octanol–water partition coefficient (Wildman–Crippen LogP) is 5.67. The molecule has 0 bridgehead atoms. The van der Waals surface area contributed by atoms with Crippen molar-refractivity contribution in [2.24, 2.45) is 5.73 Å². The van der Waals surface area contributed by atoms with Gasteiger partial charge in [-0.1, -0.05) is 62.6 Å². The van der Waals surface area contributed by atoms with Crippen LogP contribution in [0.3, 0.4) is 0 Å². The lowest BCUT2D eigenvalue weighted by atomic mass is 10.0. The molecule has 0 aliphatic carbocycles. The Bertz CT molecular complexity index is 604. The molecule has 0 saturated heterocycles. The van der Waals surface area contributed by atoms with Gasteiger partial charge in [-0.2, -0.15) is 0 Å². The van der Waals surface area contributed by atoms with Crippen molar-refractivity contribution in [1.29, 1.82) is 0 Å². The SMILES string of the molecule is CCCCC[C@H](N)c1ccc(OCc2ccccc2)c(OCC)c1.Cl. The van der Waals surface area contributed by atoms with E-state index in [1.807, 2.05) is 37.3 Å². The van der Waals surface area contributed by atoms with Crippen LogP contribution < -0.4 is 15.2 Å². The van der Waals surface area contributed by atoms with Crippen LogP contribution in [0.5, 0.6) is 11.5 Å². The van der Waals surface area contributed by atoms with Crippen molar-refractivity contribution in [3.63, 3.8) is 0 Å². The smallest absolute Gasteiger partial charge is 0.161 e. The first-order valence-electron chi connectivity index (χ1n) is 8.93. The van der Waals surface area contributed by atoms with Gasteiger partial charge >= 0.3 is 0 Å². The Morgan fingerprint density at radius 1 is 0.920 bits per heavy atom. The lowest BCUT2D eigenvalue weighted by Crippen LogP contribution is -2.10. The van der Waals surface area contributed by atoms with Gasteiger partial charge in [0.1, 0.15) is 6.61 Å². The van der Waals surface area contributed by atoms with Crippen LogP contribution in [0.15, 0.2) is 48.5 Å². The standard InChI is InChI=1S/C21H29NO2.ClH/c1-3-5-7-12-19(22)18-13-14-20(21(15-18)23-4-2)24-16-17-10-8-6-9-11-17;/h6,8-11,13-15,19H,3-5,7,12,16,22H2,1-2H3;1H/t19-;/m0./s1. The third-order valence-corrected chi connectivity index (χ3v) is 4.05. The zero-order chi connectivity index (χ0) is 17.2. The Morgan fingerprint density at radius 3 is 2.36 bits per heavy atom. The largest absolute Gasteiger partial charge is 0.490 e. The molecule has 2 aromatic carbocycles. The molecule has 0 aliphatic heterocycles. The molecule has 2 aromatic rings. The third kappa shape index (κ3) is 6.97. The van der Waals surface area contributed by atoms with E-state index < -0.39 is 0 Å². The quantitative estimate of drug-likeness (QED) is 0.553. The van der Waals surface area contributed by atoms with Crippen molar-refractivity contribution in [2.45, 2.75) is 52.2 Å². The molecule has 4 heteroatoms. The van der Waals surface area contributed by atoms with Crippen LogP contribution in [0.4, 0.5) is 0 Å². The fourth-order valence-electron chi connectivity index (χ4n) is 2.66. The van der Waals surface area contributed by atoms with Gasteiger partial charge < -0.3 is 15.2 Å². The molecule has 0 unspecified atom stereocenters. The summed E-state index contributed by atoms with van der Waals surface area (Å²) in [5.74, 6) is 1.54. The molecular formula is C21H30ClNO2. The van der Waals surface area contributed by atoms with Crippen molar-refractivity contribution in [2.75, 3.05) is 6.61 Å². The van der Waals surface area contributed by atoms with Crippen LogP contribution >= 0.6 is 12.4 Å². The molecular weight excluding hydrogens is 334 g/mol. The van der Waals surface area contributed by atoms with Gasteiger partial charge in [0.25, 0.3) is 0 Å². The average molecular weight is 364 g/mol. The van der Waals surface area contributed by atoms with E-state index in [1.165, 1.54) is 12.8 Å². The molecule has 2 N–H and O–H groups in total. The van der Waals surface area contributed by atoms with Crippen molar-refractivity contribution >= 4 is 12.4 Å². The highest BCUT2D eigenvalue weighted by Crippen LogP contribution is 2.32. The van der Waals surface area contributed by atoms with E-state index in [0.717, 1.165) is 35.5 Å². The lowest BCUT2D eigenvalue weighted by Gasteiger charge is -2.17. The van der Waals surface area contributed by atoms with E-state index in [2.05, 4.69) is 25.1 Å². The summed E-state index contributed by atoms with van der Waals surface area (Å²) in [7, 11) is 0. The maximum absolute atomic E-state index is 6.32. The molecule has 25 heavy (non-hydrogen) atoms. The first kappa shape index (κ1) is 21.3. The lowest BCUT2D eigenvalue weighted by molar-refractivity contribution is 0.269. The predicted molar refractivity (Wildman–Crippen MR) is 107 cm³/mol. The maximum Gasteiger partial charge on any atom is 0.161 e. The minimum Gasteiger partial charge on any atom is -0.490 e. The summed E-state index contributed by atoms with van der Waals surface area (Å²) in [4.78, 5) is 0. The van der Waals surface area contributed by atoms with Crippen molar-refractivity contribution < 1.29 is 9.47 Å². The monoisotopic (exact) mass is 363 g/mol. The number of nitrogens with two attached hydrogens (primary N) is 1. The van der Waals surface area contributed by atoms with Gasteiger partial charge in [-0.05, 0) is 36.6 Å². The number of ether oxygens (including phenoxy) is 2. The minimum absolute atomic E-state index is 0. The van der Waals surface area contributed by atoms with Gasteiger partial charge in [0, 0.05) is 6.04 Å². The fraction of sp³-hybridized carbons (Fsp3) is 0.429. The molecule has 0 saturated carbocycles. The Labute approximate surface area is 157 Å². The molecule has 0 radical (unpaired) electrons. The summed E-state index contributed by atoms with van der Waals surface area (Å²) >= 11 is 0. The van der Waals surface area contributed by atoms with Gasteiger partial charge in [-0.25, -0.2) is 0 Å². The van der Waals surface area contributed by atoms with Crippen LogP contribution in [-0.4, -0.2) is 6.61 Å². The summed E-state index contributed by atoms with van der Waals surface area (Å²) < 4.78 is 11.7. The molecule has 2 rings (SSSR count). The number of hydrogen-bond donors (Lipinski definition) is 1. The average Bonchev–Trinajstić information content (AvgIpc) is 2.62. The van der Waals surface area contributed by atoms with E-state index in [4.69, 9.17) is 15.2 Å². The van der Waals surface area contributed by atoms with Gasteiger partial charge in [0.05, 0.1) is 6.61 Å². The minimum atomic E-state index is 0. The number of hydrogen-bond acceptors (Lipinski definition) is 3. The molecule has 0 heterocycles. The second-order valence-corrected chi connectivity index (χ2v) is 6.02. The summed E-state index contributed by atoms with van der Waals surface area (Å²) in [6, 6.07) is 16.3. The second kappa shape index (κ2) is 11.8. The first-order chi connectivity index (χ1) is 11.7. The topological polar surface area (TPSA) is 44.5 Å². The maximum atomic E-state index is 6.32. The summed E-state index contributed by atoms with van der Waals surface area (Å²) in [5, 5.41) is 0. The van der Waals surface area contributed by atoms with Crippen molar-refractivity contribution in [1.82, 2.24) is 0 Å². The highest BCUT2D eigenvalue weighted by atomic mass is 35.5.